The Bertz CT molecular complexity index is 1550. The van der Waals surface area contributed by atoms with Gasteiger partial charge in [0.1, 0.15) is 12.2 Å². The van der Waals surface area contributed by atoms with Gasteiger partial charge in [-0.25, -0.2) is 17.8 Å². The lowest BCUT2D eigenvalue weighted by Crippen LogP contribution is -2.53. The fourth-order valence-electron chi connectivity index (χ4n) is 5.78. The van der Waals surface area contributed by atoms with Crippen molar-refractivity contribution in [3.05, 3.63) is 60.2 Å². The molecule has 258 valence electrons. The van der Waals surface area contributed by atoms with Crippen molar-refractivity contribution in [1.82, 2.24) is 9.62 Å². The molecule has 0 spiro atoms. The number of hydrogen-bond acceptors (Lipinski definition) is 10. The molecule has 2 saturated heterocycles. The van der Waals surface area contributed by atoms with Crippen molar-refractivity contribution in [2.45, 2.75) is 69.0 Å². The van der Waals surface area contributed by atoms with E-state index in [-0.39, 0.29) is 36.8 Å². The van der Waals surface area contributed by atoms with E-state index < -0.39 is 60.4 Å². The number of carbonyl (C=O) groups is 1. The summed E-state index contributed by atoms with van der Waals surface area (Å²) in [6.07, 6.45) is -2.30. The summed E-state index contributed by atoms with van der Waals surface area (Å²) in [5.41, 5.74) is 0.505. The van der Waals surface area contributed by atoms with Gasteiger partial charge in [0.05, 0.1) is 36.1 Å². The normalized spacial score (nSPS) is 21.1. The van der Waals surface area contributed by atoms with Crippen LogP contribution in [0.25, 0.3) is 0 Å². The average Bonchev–Trinajstić information content (AvgIpc) is 3.64. The van der Waals surface area contributed by atoms with Crippen LogP contribution in [0, 0.1) is 22.7 Å². The fraction of sp³-hybridized carbons (Fsp3) is 0.548. The molecule has 2 heterocycles. The van der Waals surface area contributed by atoms with Crippen molar-refractivity contribution in [1.29, 1.82) is 5.26 Å². The van der Waals surface area contributed by atoms with Crippen molar-refractivity contribution in [2.24, 2.45) is 11.3 Å². The lowest BCUT2D eigenvalue weighted by molar-refractivity contribution is -0.0907. The number of rotatable bonds is 16. The first-order chi connectivity index (χ1) is 22.2. The molecule has 0 aliphatic carbocycles. The van der Waals surface area contributed by atoms with Gasteiger partial charge in [-0.15, -0.1) is 0 Å². The molecule has 4 rings (SSSR count). The molecule has 2 aliphatic rings. The first-order valence-electron chi connectivity index (χ1n) is 15.3. The van der Waals surface area contributed by atoms with Gasteiger partial charge in [0.25, 0.3) is 0 Å². The summed E-state index contributed by atoms with van der Waals surface area (Å²) in [4.78, 5) is 33.3. The largest absolute Gasteiger partial charge is 0.469 e. The molecule has 0 unspecified atom stereocenters. The third kappa shape index (κ3) is 10.5. The van der Waals surface area contributed by atoms with E-state index in [4.69, 9.17) is 18.7 Å². The minimum atomic E-state index is -5.23. The zero-order chi connectivity index (χ0) is 34.2. The smallest absolute Gasteiger partial charge is 0.443 e. The molecule has 2 aromatic rings. The van der Waals surface area contributed by atoms with E-state index in [2.05, 4.69) is 16.7 Å². The van der Waals surface area contributed by atoms with Gasteiger partial charge >= 0.3 is 13.9 Å². The third-order valence-electron chi connectivity index (χ3n) is 8.23. The maximum Gasteiger partial charge on any atom is 0.469 e. The number of phosphoric ester groups is 1. The molecular formula is C31H43N4O10PS. The van der Waals surface area contributed by atoms with Crippen LogP contribution in [0.4, 0.5) is 10.5 Å². The SMILES string of the molecule is CNc1cccc(S(=O)(=O)N(C[C@@H](OP(=O)(O)O)[C@H](Cc2ccccc2)NC(=O)O[C@H]2CO[C@H]3OCC[C@H]32)CC(C)(C)CCC#N)c1. The highest BCUT2D eigenvalue weighted by Crippen LogP contribution is 2.40. The maximum atomic E-state index is 14.2. The van der Waals surface area contributed by atoms with E-state index in [0.717, 1.165) is 4.31 Å². The minimum absolute atomic E-state index is 0.0257. The molecule has 0 bridgehead atoms. The van der Waals surface area contributed by atoms with Crippen molar-refractivity contribution in [3.63, 3.8) is 0 Å². The second-order valence-electron chi connectivity index (χ2n) is 12.4. The first kappa shape index (κ1) is 36.8. The Hall–Kier alpha value is -3.06. The second-order valence-corrected chi connectivity index (χ2v) is 15.6. The van der Waals surface area contributed by atoms with E-state index in [1.807, 2.05) is 0 Å². The van der Waals surface area contributed by atoms with Gasteiger partial charge in [-0.2, -0.15) is 9.57 Å². The Morgan fingerprint density at radius 2 is 1.94 bits per heavy atom. The molecule has 47 heavy (non-hydrogen) atoms. The Balaban J connectivity index is 1.70. The van der Waals surface area contributed by atoms with E-state index >= 15 is 0 Å². The van der Waals surface area contributed by atoms with Crippen LogP contribution in [0.1, 0.15) is 38.7 Å². The summed E-state index contributed by atoms with van der Waals surface area (Å²) in [5.74, 6) is -0.153. The summed E-state index contributed by atoms with van der Waals surface area (Å²) in [6.45, 7) is 3.54. The number of nitriles is 1. The fourth-order valence-corrected chi connectivity index (χ4v) is 8.04. The number of fused-ring (bicyclic) bond motifs is 1. The number of carbonyl (C=O) groups excluding carboxylic acids is 1. The number of sulfonamides is 1. The molecule has 0 saturated carbocycles. The number of amides is 1. The van der Waals surface area contributed by atoms with E-state index in [9.17, 15) is 32.8 Å². The highest BCUT2D eigenvalue weighted by atomic mass is 32.2. The molecule has 1 amide bonds. The molecule has 16 heteroatoms. The zero-order valence-corrected chi connectivity index (χ0v) is 28.4. The molecule has 5 atom stereocenters. The predicted molar refractivity (Wildman–Crippen MR) is 171 cm³/mol. The molecule has 0 radical (unpaired) electrons. The molecule has 14 nitrogen and oxygen atoms in total. The number of ether oxygens (including phenoxy) is 3. The number of alkyl carbamates (subject to hydrolysis) is 1. The van der Waals surface area contributed by atoms with Crippen LogP contribution in [0.15, 0.2) is 59.5 Å². The molecule has 2 fully saturated rings. The van der Waals surface area contributed by atoms with Crippen LogP contribution in [0.3, 0.4) is 0 Å². The van der Waals surface area contributed by atoms with Crippen molar-refractivity contribution >= 4 is 29.6 Å². The van der Waals surface area contributed by atoms with Gasteiger partial charge in [-0.3, -0.25) is 4.52 Å². The lowest BCUT2D eigenvalue weighted by Gasteiger charge is -2.36. The molecule has 2 aliphatic heterocycles. The van der Waals surface area contributed by atoms with Crippen LogP contribution < -0.4 is 10.6 Å². The van der Waals surface area contributed by atoms with E-state index in [1.54, 1.807) is 63.4 Å². The van der Waals surface area contributed by atoms with Gasteiger partial charge in [0.2, 0.25) is 10.0 Å². The number of phosphoric acid groups is 1. The Morgan fingerprint density at radius 3 is 2.62 bits per heavy atom. The predicted octanol–water partition coefficient (Wildman–Crippen LogP) is 3.63. The van der Waals surface area contributed by atoms with Crippen molar-refractivity contribution in [3.8, 4) is 6.07 Å². The summed E-state index contributed by atoms with van der Waals surface area (Å²) in [7, 11) is -7.89. The first-order valence-corrected chi connectivity index (χ1v) is 18.3. The monoisotopic (exact) mass is 694 g/mol. The third-order valence-corrected chi connectivity index (χ3v) is 10.6. The molecule has 4 N–H and O–H groups in total. The Kier molecular flexibility index (Phi) is 12.4. The second kappa shape index (κ2) is 15.9. The van der Waals surface area contributed by atoms with Crippen molar-refractivity contribution in [2.75, 3.05) is 38.7 Å². The van der Waals surface area contributed by atoms with Crippen LogP contribution >= 0.6 is 7.82 Å². The van der Waals surface area contributed by atoms with Gasteiger partial charge in [0.15, 0.2) is 6.29 Å². The summed E-state index contributed by atoms with van der Waals surface area (Å²) < 4.78 is 64.0. The van der Waals surface area contributed by atoms with E-state index in [1.165, 1.54) is 12.1 Å². The number of nitrogens with one attached hydrogen (secondary N) is 2. The maximum absolute atomic E-state index is 14.2. The number of anilines is 1. The average molecular weight is 695 g/mol. The summed E-state index contributed by atoms with van der Waals surface area (Å²) >= 11 is 0. The van der Waals surface area contributed by atoms with Crippen LogP contribution in [0.5, 0.6) is 0 Å². The molecule has 2 aromatic carbocycles. The van der Waals surface area contributed by atoms with Crippen molar-refractivity contribution < 1.29 is 46.3 Å². The Morgan fingerprint density at radius 1 is 1.19 bits per heavy atom. The summed E-state index contributed by atoms with van der Waals surface area (Å²) in [5, 5.41) is 14.8. The van der Waals surface area contributed by atoms with Gasteiger partial charge < -0.3 is 34.6 Å². The van der Waals surface area contributed by atoms with Crippen LogP contribution in [-0.2, 0) is 39.7 Å². The standard InChI is InChI=1S/C31H43N4O10PS/c1-31(2,14-8-15-32)21-35(47(40,41)24-12-7-11-23(18-24)33-3)19-27(45-46(37,38)39)26(17-22-9-5-4-6-10-22)34-30(36)44-28-20-43-29-25(28)13-16-42-29/h4-7,9-12,18,25-29,33H,8,13-14,16-17,19-21H2,1-3H3,(H,34,36)(H2,37,38,39)/t25-,26-,27+,28-,29+/m0/s1. The van der Waals surface area contributed by atoms with Crippen LogP contribution in [0.2, 0.25) is 0 Å². The van der Waals surface area contributed by atoms with Gasteiger partial charge in [-0.05, 0) is 48.4 Å². The van der Waals surface area contributed by atoms with Gasteiger partial charge in [-0.1, -0.05) is 50.2 Å². The number of nitrogens with zero attached hydrogens (tertiary/aromatic N) is 2. The number of hydrogen-bond donors (Lipinski definition) is 4. The lowest BCUT2D eigenvalue weighted by atomic mass is 9.88. The van der Waals surface area contributed by atoms with E-state index in [0.29, 0.717) is 30.7 Å². The van der Waals surface area contributed by atoms with Gasteiger partial charge in [0, 0.05) is 32.2 Å². The molecular weight excluding hydrogens is 651 g/mol. The van der Waals surface area contributed by atoms with Crippen LogP contribution in [-0.4, -0.2) is 86.5 Å². The zero-order valence-electron chi connectivity index (χ0n) is 26.7. The molecule has 0 aromatic heterocycles. The highest BCUT2D eigenvalue weighted by Gasteiger charge is 2.45. The number of benzene rings is 2. The minimum Gasteiger partial charge on any atom is -0.443 e. The quantitative estimate of drug-likeness (QED) is 0.187. The highest BCUT2D eigenvalue weighted by molar-refractivity contribution is 7.89. The summed E-state index contributed by atoms with van der Waals surface area (Å²) in [6, 6.07) is 15.9. The Labute approximate surface area is 275 Å². The topological polar surface area (TPSA) is 197 Å².